The average molecular weight is 446 g/mol. The third-order valence-corrected chi connectivity index (χ3v) is 5.07. The number of nitrogens with zero attached hydrogens (tertiary/aromatic N) is 4. The number of hydrogen-bond acceptors (Lipinski definition) is 8. The summed E-state index contributed by atoms with van der Waals surface area (Å²) in [6.07, 6.45) is 2.84. The average Bonchev–Trinajstić information content (AvgIpc) is 3.10. The van der Waals surface area contributed by atoms with Crippen LogP contribution in [0.15, 0.2) is 72.6 Å². The molecular weight excluding hydrogens is 428 g/mol. The van der Waals surface area contributed by atoms with Crippen molar-refractivity contribution in [3.8, 4) is 5.75 Å². The van der Waals surface area contributed by atoms with Crippen LogP contribution in [-0.4, -0.2) is 38.3 Å². The van der Waals surface area contributed by atoms with E-state index in [4.69, 9.17) is 4.74 Å². The number of ether oxygens (including phenoxy) is 1. The Bertz CT molecular complexity index is 1240. The fourth-order valence-corrected chi connectivity index (χ4v) is 3.58. The van der Waals surface area contributed by atoms with E-state index in [1.54, 1.807) is 30.3 Å². The Morgan fingerprint density at radius 3 is 2.30 bits per heavy atom. The van der Waals surface area contributed by atoms with Gasteiger partial charge in [0.1, 0.15) is 11.5 Å². The summed E-state index contributed by atoms with van der Waals surface area (Å²) in [5.74, 6) is -1.68. The number of amides is 1. The van der Waals surface area contributed by atoms with Crippen molar-refractivity contribution in [2.24, 2.45) is 0 Å². The van der Waals surface area contributed by atoms with Crippen LogP contribution in [0, 0.1) is 10.1 Å². The highest BCUT2D eigenvalue weighted by Crippen LogP contribution is 2.41. The van der Waals surface area contributed by atoms with Crippen LogP contribution in [0.1, 0.15) is 24.1 Å². The molecule has 10 nitrogen and oxygen atoms in total. The summed E-state index contributed by atoms with van der Waals surface area (Å²) in [6.45, 7) is 2.30. The normalized spacial score (nSPS) is 17.2. The van der Waals surface area contributed by atoms with Gasteiger partial charge in [0.25, 0.3) is 11.5 Å². The van der Waals surface area contributed by atoms with Gasteiger partial charge in [0.2, 0.25) is 5.95 Å². The topological polar surface area (TPSA) is 136 Å². The molecule has 0 radical (unpaired) electrons. The monoisotopic (exact) mass is 446 g/mol. The Morgan fingerprint density at radius 2 is 1.73 bits per heavy atom. The Hall–Kier alpha value is -4.60. The molecule has 10 heteroatoms. The van der Waals surface area contributed by atoms with Crippen LogP contribution in [0.3, 0.4) is 0 Å². The number of non-ortho nitro benzene ring substituents is 1. The molecule has 0 bridgehead atoms. The lowest BCUT2D eigenvalue weighted by atomic mass is 9.95. The molecule has 1 fully saturated rings. The molecule has 0 aliphatic carbocycles. The zero-order chi connectivity index (χ0) is 23.5. The first-order valence-corrected chi connectivity index (χ1v) is 9.98. The summed E-state index contributed by atoms with van der Waals surface area (Å²) in [6, 6.07) is 12.3. The number of anilines is 1. The van der Waals surface area contributed by atoms with Gasteiger partial charge in [-0.15, -0.1) is 0 Å². The predicted octanol–water partition coefficient (Wildman–Crippen LogP) is 3.41. The van der Waals surface area contributed by atoms with Crippen molar-refractivity contribution >= 4 is 29.1 Å². The van der Waals surface area contributed by atoms with Gasteiger partial charge in [-0.3, -0.25) is 24.6 Å². The second-order valence-electron chi connectivity index (χ2n) is 7.02. The fourth-order valence-electron chi connectivity index (χ4n) is 3.58. The van der Waals surface area contributed by atoms with Crippen LogP contribution in [0.2, 0.25) is 0 Å². The lowest BCUT2D eigenvalue weighted by Crippen LogP contribution is -2.31. The number of carbonyl (C=O) groups excluding carboxylic acids is 2. The number of nitro benzene ring substituents is 1. The SMILES string of the molecule is CCOc1ccc(/C(O)=C2/C(=O)C(=O)N(c3ncccn3)C2c2ccc([N+](=O)[O-])cc2)cc1. The van der Waals surface area contributed by atoms with E-state index in [-0.39, 0.29) is 17.2 Å². The first kappa shape index (κ1) is 21.6. The number of hydrogen-bond donors (Lipinski definition) is 1. The third kappa shape index (κ3) is 4.01. The summed E-state index contributed by atoms with van der Waals surface area (Å²) in [7, 11) is 0. The Kier molecular flexibility index (Phi) is 5.81. The highest BCUT2D eigenvalue weighted by atomic mass is 16.6. The zero-order valence-corrected chi connectivity index (χ0v) is 17.4. The van der Waals surface area contributed by atoms with Crippen molar-refractivity contribution < 1.29 is 24.4 Å². The second kappa shape index (κ2) is 8.87. The Morgan fingerprint density at radius 1 is 1.09 bits per heavy atom. The molecule has 0 spiro atoms. The zero-order valence-electron chi connectivity index (χ0n) is 17.4. The lowest BCUT2D eigenvalue weighted by molar-refractivity contribution is -0.384. The van der Waals surface area contributed by atoms with Gasteiger partial charge < -0.3 is 9.84 Å². The molecule has 1 N–H and O–H groups in total. The fraction of sp³-hybridized carbons (Fsp3) is 0.130. The molecule has 3 aromatic rings. The molecule has 1 amide bonds. The van der Waals surface area contributed by atoms with Crippen molar-refractivity contribution in [1.82, 2.24) is 9.97 Å². The first-order chi connectivity index (χ1) is 15.9. The predicted molar refractivity (Wildman–Crippen MR) is 118 cm³/mol. The largest absolute Gasteiger partial charge is 0.507 e. The van der Waals surface area contributed by atoms with Crippen molar-refractivity contribution in [3.05, 3.63) is 93.8 Å². The number of aliphatic hydroxyl groups excluding tert-OH is 1. The molecule has 1 saturated heterocycles. The minimum atomic E-state index is -1.08. The van der Waals surface area contributed by atoms with E-state index in [2.05, 4.69) is 9.97 Å². The van der Waals surface area contributed by atoms with Gasteiger partial charge in [0.05, 0.1) is 23.1 Å². The van der Waals surface area contributed by atoms with Gasteiger partial charge in [-0.05, 0) is 55.0 Å². The Labute approximate surface area is 187 Å². The van der Waals surface area contributed by atoms with Gasteiger partial charge in [-0.1, -0.05) is 0 Å². The van der Waals surface area contributed by atoms with Crippen LogP contribution in [0.5, 0.6) is 5.75 Å². The molecule has 2 heterocycles. The van der Waals surface area contributed by atoms with Crippen LogP contribution in [0.4, 0.5) is 11.6 Å². The maximum atomic E-state index is 13.0. The first-order valence-electron chi connectivity index (χ1n) is 9.98. The minimum Gasteiger partial charge on any atom is -0.507 e. The number of nitro groups is 1. The third-order valence-electron chi connectivity index (χ3n) is 5.07. The molecule has 0 saturated carbocycles. The highest BCUT2D eigenvalue weighted by molar-refractivity contribution is 6.51. The molecule has 4 rings (SSSR count). The van der Waals surface area contributed by atoms with Gasteiger partial charge in [0, 0.05) is 30.1 Å². The van der Waals surface area contributed by atoms with E-state index >= 15 is 0 Å². The van der Waals surface area contributed by atoms with Crippen molar-refractivity contribution in [1.29, 1.82) is 0 Å². The van der Waals surface area contributed by atoms with Crippen LogP contribution in [0.25, 0.3) is 5.76 Å². The van der Waals surface area contributed by atoms with E-state index in [1.165, 1.54) is 36.7 Å². The molecule has 2 aromatic carbocycles. The number of Topliss-reactive ketones (excluding diaryl/α,β-unsaturated/α-hetero) is 1. The van der Waals surface area contributed by atoms with Crippen molar-refractivity contribution in [3.63, 3.8) is 0 Å². The molecule has 1 aliphatic rings. The van der Waals surface area contributed by atoms with Crippen LogP contribution >= 0.6 is 0 Å². The van der Waals surface area contributed by atoms with E-state index in [0.29, 0.717) is 23.5 Å². The molecule has 33 heavy (non-hydrogen) atoms. The number of aliphatic hydroxyl groups is 1. The molecule has 1 atom stereocenters. The van der Waals surface area contributed by atoms with Crippen LogP contribution in [-0.2, 0) is 9.59 Å². The maximum absolute atomic E-state index is 13.0. The quantitative estimate of drug-likeness (QED) is 0.200. The van der Waals surface area contributed by atoms with E-state index < -0.39 is 28.4 Å². The van der Waals surface area contributed by atoms with E-state index in [9.17, 15) is 24.8 Å². The smallest absolute Gasteiger partial charge is 0.302 e. The van der Waals surface area contributed by atoms with E-state index in [0.717, 1.165) is 4.90 Å². The number of ketones is 1. The lowest BCUT2D eigenvalue weighted by Gasteiger charge is -2.23. The number of rotatable bonds is 6. The summed E-state index contributed by atoms with van der Waals surface area (Å²) >= 11 is 0. The standard InChI is InChI=1S/C23H18N4O6/c1-2-33-17-10-6-15(7-11-17)20(28)18-19(14-4-8-16(9-5-14)27(31)32)26(22(30)21(18)29)23-24-12-3-13-25-23/h3-13,19,28H,2H2,1H3/b20-18-. The summed E-state index contributed by atoms with van der Waals surface area (Å²) in [4.78, 5) is 45.7. The van der Waals surface area contributed by atoms with Gasteiger partial charge in [0.15, 0.2) is 0 Å². The molecule has 1 unspecified atom stereocenters. The van der Waals surface area contributed by atoms with Gasteiger partial charge in [-0.25, -0.2) is 9.97 Å². The maximum Gasteiger partial charge on any atom is 0.302 e. The van der Waals surface area contributed by atoms with Crippen molar-refractivity contribution in [2.75, 3.05) is 11.5 Å². The van der Waals surface area contributed by atoms with Crippen molar-refractivity contribution in [2.45, 2.75) is 13.0 Å². The molecule has 1 aliphatic heterocycles. The summed E-state index contributed by atoms with van der Waals surface area (Å²) < 4.78 is 5.40. The molecule has 1 aromatic heterocycles. The van der Waals surface area contributed by atoms with Crippen LogP contribution < -0.4 is 9.64 Å². The number of carbonyl (C=O) groups is 2. The summed E-state index contributed by atoms with van der Waals surface area (Å²) in [5.41, 5.74) is 0.348. The second-order valence-corrected chi connectivity index (χ2v) is 7.02. The van der Waals surface area contributed by atoms with E-state index in [1.807, 2.05) is 6.92 Å². The highest BCUT2D eigenvalue weighted by Gasteiger charge is 2.48. The Balaban J connectivity index is 1.87. The van der Waals surface area contributed by atoms with Gasteiger partial charge in [-0.2, -0.15) is 0 Å². The molecular formula is C23H18N4O6. The number of benzene rings is 2. The number of aromatic nitrogens is 2. The minimum absolute atomic E-state index is 0.0336. The summed E-state index contributed by atoms with van der Waals surface area (Å²) in [5, 5.41) is 22.1. The van der Waals surface area contributed by atoms with Gasteiger partial charge >= 0.3 is 5.91 Å². The molecule has 166 valence electrons.